The maximum absolute atomic E-state index is 13.7. The fourth-order valence-electron chi connectivity index (χ4n) is 2.67. The molecule has 0 saturated carbocycles. The van der Waals surface area contributed by atoms with Crippen LogP contribution in [0.5, 0.6) is 0 Å². The first-order valence-corrected chi connectivity index (χ1v) is 8.67. The van der Waals surface area contributed by atoms with E-state index in [-0.39, 0.29) is 5.69 Å². The number of nitrogens with zero attached hydrogens (tertiary/aromatic N) is 2. The van der Waals surface area contributed by atoms with Crippen LogP contribution in [0.3, 0.4) is 0 Å². The van der Waals surface area contributed by atoms with E-state index in [9.17, 15) is 9.18 Å². The molecule has 1 aromatic heterocycles. The van der Waals surface area contributed by atoms with Crippen molar-refractivity contribution < 1.29 is 13.6 Å². The van der Waals surface area contributed by atoms with Crippen LogP contribution in [0.15, 0.2) is 77.2 Å². The number of anilines is 1. The smallest absolute Gasteiger partial charge is 0.255 e. The van der Waals surface area contributed by atoms with Gasteiger partial charge in [-0.05, 0) is 55.5 Å². The Morgan fingerprint density at radius 1 is 0.857 bits per heavy atom. The van der Waals surface area contributed by atoms with Gasteiger partial charge in [0.1, 0.15) is 5.82 Å². The summed E-state index contributed by atoms with van der Waals surface area (Å²) in [4.78, 5) is 12.3. The van der Waals surface area contributed by atoms with Gasteiger partial charge in [-0.25, -0.2) is 4.39 Å². The summed E-state index contributed by atoms with van der Waals surface area (Å²) in [6, 6.07) is 20.5. The first-order valence-electron chi connectivity index (χ1n) is 8.67. The molecule has 5 nitrogen and oxygen atoms in total. The van der Waals surface area contributed by atoms with Crippen molar-refractivity contribution in [2.75, 3.05) is 5.32 Å². The summed E-state index contributed by atoms with van der Waals surface area (Å²) >= 11 is 0. The van der Waals surface area contributed by atoms with E-state index in [2.05, 4.69) is 15.5 Å². The minimum Gasteiger partial charge on any atom is -0.416 e. The van der Waals surface area contributed by atoms with Gasteiger partial charge in [0.25, 0.3) is 5.91 Å². The zero-order valence-corrected chi connectivity index (χ0v) is 15.0. The number of amides is 1. The highest BCUT2D eigenvalue weighted by Gasteiger charge is 2.13. The van der Waals surface area contributed by atoms with E-state index in [1.807, 2.05) is 31.2 Å². The average molecular weight is 373 g/mol. The highest BCUT2D eigenvalue weighted by molar-refractivity contribution is 6.04. The van der Waals surface area contributed by atoms with Crippen molar-refractivity contribution in [2.45, 2.75) is 6.92 Å². The van der Waals surface area contributed by atoms with Gasteiger partial charge in [0, 0.05) is 16.7 Å². The predicted molar refractivity (Wildman–Crippen MR) is 104 cm³/mol. The number of carbonyl (C=O) groups is 1. The lowest BCUT2D eigenvalue weighted by Crippen LogP contribution is -2.12. The number of benzene rings is 3. The average Bonchev–Trinajstić information content (AvgIpc) is 3.20. The number of aryl methyl sites for hydroxylation is 1. The maximum atomic E-state index is 13.7. The predicted octanol–water partition coefficient (Wildman–Crippen LogP) is 5.10. The molecular weight excluding hydrogens is 357 g/mol. The normalized spacial score (nSPS) is 10.6. The monoisotopic (exact) mass is 373 g/mol. The Hall–Kier alpha value is -3.80. The molecule has 0 radical (unpaired) electrons. The number of nitrogens with one attached hydrogen (secondary N) is 1. The summed E-state index contributed by atoms with van der Waals surface area (Å²) in [6.45, 7) is 2.01. The van der Waals surface area contributed by atoms with Crippen LogP contribution < -0.4 is 5.32 Å². The lowest BCUT2D eigenvalue weighted by molar-refractivity contribution is 0.102. The van der Waals surface area contributed by atoms with Crippen LogP contribution in [-0.2, 0) is 0 Å². The molecule has 0 aliphatic rings. The van der Waals surface area contributed by atoms with Crippen molar-refractivity contribution >= 4 is 11.6 Å². The Morgan fingerprint density at radius 2 is 1.43 bits per heavy atom. The van der Waals surface area contributed by atoms with Gasteiger partial charge in [0.2, 0.25) is 11.8 Å². The Balaban J connectivity index is 1.51. The Kier molecular flexibility index (Phi) is 4.68. The van der Waals surface area contributed by atoms with Crippen LogP contribution in [0, 0.1) is 12.7 Å². The van der Waals surface area contributed by atoms with Crippen LogP contribution in [0.4, 0.5) is 10.1 Å². The first-order chi connectivity index (χ1) is 13.6. The van der Waals surface area contributed by atoms with Gasteiger partial charge >= 0.3 is 0 Å². The molecule has 0 aliphatic heterocycles. The third kappa shape index (κ3) is 3.66. The highest BCUT2D eigenvalue weighted by atomic mass is 19.1. The summed E-state index contributed by atoms with van der Waals surface area (Å²) in [5.41, 5.74) is 3.20. The first kappa shape index (κ1) is 17.6. The number of rotatable bonds is 4. The second-order valence-electron chi connectivity index (χ2n) is 6.29. The van der Waals surface area contributed by atoms with Crippen molar-refractivity contribution in [3.63, 3.8) is 0 Å². The SMILES string of the molecule is Cc1ccc(-c2nnc(-c3ccc(C(=O)Nc4ccccc4F)cc3)o2)cc1. The van der Waals surface area contributed by atoms with Crippen LogP contribution in [0.2, 0.25) is 0 Å². The number of halogens is 1. The quantitative estimate of drug-likeness (QED) is 0.540. The summed E-state index contributed by atoms with van der Waals surface area (Å²) in [5, 5.41) is 10.7. The van der Waals surface area contributed by atoms with Crippen LogP contribution in [0.25, 0.3) is 22.9 Å². The van der Waals surface area contributed by atoms with Crippen molar-refractivity contribution in [1.29, 1.82) is 0 Å². The molecule has 0 unspecified atom stereocenters. The molecule has 1 N–H and O–H groups in total. The molecule has 6 heteroatoms. The topological polar surface area (TPSA) is 68.0 Å². The molecule has 0 saturated heterocycles. The third-order valence-corrected chi connectivity index (χ3v) is 4.24. The van der Waals surface area contributed by atoms with Gasteiger partial charge in [-0.1, -0.05) is 29.8 Å². The summed E-state index contributed by atoms with van der Waals surface area (Å²) in [7, 11) is 0. The fraction of sp³-hybridized carbons (Fsp3) is 0.0455. The molecule has 0 atom stereocenters. The molecule has 4 aromatic rings. The van der Waals surface area contributed by atoms with Gasteiger partial charge in [0.05, 0.1) is 5.69 Å². The molecule has 4 rings (SSSR count). The van der Waals surface area contributed by atoms with E-state index in [4.69, 9.17) is 4.42 Å². The lowest BCUT2D eigenvalue weighted by Gasteiger charge is -2.06. The van der Waals surface area contributed by atoms with Crippen LogP contribution in [-0.4, -0.2) is 16.1 Å². The number of hydrogen-bond acceptors (Lipinski definition) is 4. The number of aromatic nitrogens is 2. The van der Waals surface area contributed by atoms with E-state index in [0.717, 1.165) is 11.1 Å². The van der Waals surface area contributed by atoms with Crippen LogP contribution in [0.1, 0.15) is 15.9 Å². The minimum absolute atomic E-state index is 0.135. The van der Waals surface area contributed by atoms with E-state index >= 15 is 0 Å². The van der Waals surface area contributed by atoms with E-state index < -0.39 is 11.7 Å². The molecule has 1 heterocycles. The molecular formula is C22H16FN3O2. The van der Waals surface area contributed by atoms with E-state index in [1.165, 1.54) is 12.1 Å². The summed E-state index contributed by atoms with van der Waals surface area (Å²) in [5.74, 6) is -0.0995. The largest absolute Gasteiger partial charge is 0.416 e. The maximum Gasteiger partial charge on any atom is 0.255 e. The molecule has 3 aromatic carbocycles. The molecule has 138 valence electrons. The third-order valence-electron chi connectivity index (χ3n) is 4.24. The van der Waals surface area contributed by atoms with Gasteiger partial charge in [-0.3, -0.25) is 4.79 Å². The molecule has 0 bridgehead atoms. The Labute approximate surface area is 160 Å². The zero-order valence-electron chi connectivity index (χ0n) is 15.0. The standard InChI is InChI=1S/C22H16FN3O2/c1-14-6-8-16(9-7-14)21-25-26-22(28-21)17-12-10-15(11-13-17)20(27)24-19-5-3-2-4-18(19)23/h2-13H,1H3,(H,24,27). The van der Waals surface area contributed by atoms with E-state index in [1.54, 1.807) is 36.4 Å². The second kappa shape index (κ2) is 7.44. The number of carbonyl (C=O) groups excluding carboxylic acids is 1. The Bertz CT molecular complexity index is 1120. The zero-order chi connectivity index (χ0) is 19.5. The van der Waals surface area contributed by atoms with Crippen molar-refractivity contribution in [3.05, 3.63) is 89.7 Å². The summed E-state index contributed by atoms with van der Waals surface area (Å²) < 4.78 is 19.4. The lowest BCUT2D eigenvalue weighted by atomic mass is 10.1. The van der Waals surface area contributed by atoms with E-state index in [0.29, 0.717) is 22.9 Å². The van der Waals surface area contributed by atoms with Gasteiger partial charge in [-0.15, -0.1) is 10.2 Å². The number of para-hydroxylation sites is 1. The van der Waals surface area contributed by atoms with Crippen molar-refractivity contribution in [3.8, 4) is 22.9 Å². The summed E-state index contributed by atoms with van der Waals surface area (Å²) in [6.07, 6.45) is 0. The molecule has 0 aliphatic carbocycles. The van der Waals surface area contributed by atoms with Crippen molar-refractivity contribution in [1.82, 2.24) is 10.2 Å². The van der Waals surface area contributed by atoms with Crippen LogP contribution >= 0.6 is 0 Å². The molecule has 1 amide bonds. The van der Waals surface area contributed by atoms with Gasteiger partial charge in [-0.2, -0.15) is 0 Å². The fourth-order valence-corrected chi connectivity index (χ4v) is 2.67. The minimum atomic E-state index is -0.484. The van der Waals surface area contributed by atoms with Gasteiger partial charge < -0.3 is 9.73 Å². The molecule has 28 heavy (non-hydrogen) atoms. The van der Waals surface area contributed by atoms with Gasteiger partial charge in [0.15, 0.2) is 0 Å². The second-order valence-corrected chi connectivity index (χ2v) is 6.29. The highest BCUT2D eigenvalue weighted by Crippen LogP contribution is 2.24. The molecule has 0 spiro atoms. The Morgan fingerprint density at radius 3 is 2.04 bits per heavy atom. The van der Waals surface area contributed by atoms with Crippen molar-refractivity contribution in [2.24, 2.45) is 0 Å². The number of hydrogen-bond donors (Lipinski definition) is 1. The molecule has 0 fully saturated rings.